The zero-order valence-corrected chi connectivity index (χ0v) is 12.4. The second kappa shape index (κ2) is 5.76. The van der Waals surface area contributed by atoms with E-state index in [2.05, 4.69) is 44.0 Å². The first-order chi connectivity index (χ1) is 9.83. The molecule has 0 aromatic carbocycles. The summed E-state index contributed by atoms with van der Waals surface area (Å²) < 4.78 is 0. The van der Waals surface area contributed by atoms with Crippen molar-refractivity contribution in [3.63, 3.8) is 0 Å². The van der Waals surface area contributed by atoms with Gasteiger partial charge in [-0.1, -0.05) is 6.92 Å². The van der Waals surface area contributed by atoms with Crippen LogP contribution in [0.5, 0.6) is 0 Å². The number of hydrogen-bond acceptors (Lipinski definition) is 6. The highest BCUT2D eigenvalue weighted by molar-refractivity contribution is 7.07. The van der Waals surface area contributed by atoms with E-state index in [9.17, 15) is 0 Å². The van der Waals surface area contributed by atoms with Crippen LogP contribution in [0, 0.1) is 0 Å². The predicted octanol–water partition coefficient (Wildman–Crippen LogP) is 2.56. The van der Waals surface area contributed by atoms with E-state index in [1.165, 1.54) is 18.4 Å². The molecule has 5 nitrogen and oxygen atoms in total. The molecule has 0 unspecified atom stereocenters. The third-order valence-corrected chi connectivity index (χ3v) is 4.34. The zero-order chi connectivity index (χ0) is 13.9. The fourth-order valence-electron chi connectivity index (χ4n) is 2.44. The number of anilines is 2. The molecule has 0 saturated heterocycles. The average molecular weight is 289 g/mol. The first-order valence-corrected chi connectivity index (χ1v) is 7.86. The largest absolute Gasteiger partial charge is 0.349 e. The van der Waals surface area contributed by atoms with E-state index in [0.717, 1.165) is 30.2 Å². The van der Waals surface area contributed by atoms with E-state index in [-0.39, 0.29) is 0 Å². The minimum Gasteiger partial charge on any atom is -0.349 e. The van der Waals surface area contributed by atoms with Gasteiger partial charge in [0.2, 0.25) is 0 Å². The molecule has 0 spiro atoms. The van der Waals surface area contributed by atoms with Gasteiger partial charge in [-0.15, -0.1) is 0 Å². The van der Waals surface area contributed by atoms with E-state index in [0.29, 0.717) is 6.04 Å². The first kappa shape index (κ1) is 13.3. The van der Waals surface area contributed by atoms with Crippen molar-refractivity contribution in [3.8, 4) is 0 Å². The van der Waals surface area contributed by atoms with Crippen LogP contribution in [-0.4, -0.2) is 16.0 Å². The van der Waals surface area contributed by atoms with Gasteiger partial charge in [-0.05, 0) is 41.7 Å². The van der Waals surface area contributed by atoms with E-state index in [1.54, 1.807) is 17.7 Å². The highest BCUT2D eigenvalue weighted by atomic mass is 32.1. The van der Waals surface area contributed by atoms with Crippen LogP contribution in [0.1, 0.15) is 30.9 Å². The summed E-state index contributed by atoms with van der Waals surface area (Å²) in [7, 11) is 0. The normalized spacial score (nSPS) is 14.3. The highest BCUT2D eigenvalue weighted by Gasteiger charge is 2.31. The van der Waals surface area contributed by atoms with Gasteiger partial charge in [0.15, 0.2) is 0 Å². The van der Waals surface area contributed by atoms with Gasteiger partial charge in [0.05, 0.1) is 0 Å². The lowest BCUT2D eigenvalue weighted by Crippen LogP contribution is -2.28. The molecule has 6 heteroatoms. The Balaban J connectivity index is 1.95. The minimum absolute atomic E-state index is 0.598. The van der Waals surface area contributed by atoms with E-state index in [1.807, 2.05) is 0 Å². The summed E-state index contributed by atoms with van der Waals surface area (Å²) in [5, 5.41) is 4.32. The van der Waals surface area contributed by atoms with E-state index in [4.69, 9.17) is 5.84 Å². The summed E-state index contributed by atoms with van der Waals surface area (Å²) in [5.41, 5.74) is 5.12. The maximum Gasteiger partial charge on any atom is 0.148 e. The third kappa shape index (κ3) is 2.62. The molecule has 1 aliphatic carbocycles. The second-order valence-electron chi connectivity index (χ2n) is 5.01. The van der Waals surface area contributed by atoms with Crippen LogP contribution in [-0.2, 0) is 13.0 Å². The molecule has 1 fully saturated rings. The molecule has 0 atom stereocenters. The smallest absolute Gasteiger partial charge is 0.148 e. The average Bonchev–Trinajstić information content (AvgIpc) is 3.20. The predicted molar refractivity (Wildman–Crippen MR) is 82.7 cm³/mol. The molecule has 2 aromatic rings. The van der Waals surface area contributed by atoms with Crippen LogP contribution in [0.25, 0.3) is 0 Å². The lowest BCUT2D eigenvalue weighted by atomic mass is 10.2. The fraction of sp³-hybridized carbons (Fsp3) is 0.429. The Bertz CT molecular complexity index is 565. The van der Waals surface area contributed by atoms with Crippen molar-refractivity contribution in [2.45, 2.75) is 38.8 Å². The topological polar surface area (TPSA) is 67.1 Å². The minimum atomic E-state index is 0.598. The van der Waals surface area contributed by atoms with Crippen LogP contribution in [0.4, 0.5) is 11.6 Å². The van der Waals surface area contributed by atoms with Gasteiger partial charge in [0.1, 0.15) is 18.0 Å². The van der Waals surface area contributed by atoms with Gasteiger partial charge in [-0.2, -0.15) is 11.3 Å². The summed E-state index contributed by atoms with van der Waals surface area (Å²) in [6.45, 7) is 3.01. The maximum absolute atomic E-state index is 5.57. The molecule has 106 valence electrons. The lowest BCUT2D eigenvalue weighted by Gasteiger charge is -2.26. The molecule has 20 heavy (non-hydrogen) atoms. The van der Waals surface area contributed by atoms with Crippen LogP contribution in [0.2, 0.25) is 0 Å². The number of nitrogens with two attached hydrogens (primary N) is 1. The van der Waals surface area contributed by atoms with Crippen LogP contribution in [0.15, 0.2) is 23.2 Å². The summed E-state index contributed by atoms with van der Waals surface area (Å²) >= 11 is 1.73. The summed E-state index contributed by atoms with van der Waals surface area (Å²) in [6, 6.07) is 2.77. The molecule has 0 amide bonds. The second-order valence-corrected chi connectivity index (χ2v) is 5.79. The number of hydrazine groups is 1. The monoisotopic (exact) mass is 289 g/mol. The first-order valence-electron chi connectivity index (χ1n) is 6.91. The number of hydrogen-bond donors (Lipinski definition) is 2. The van der Waals surface area contributed by atoms with Crippen molar-refractivity contribution in [2.24, 2.45) is 5.84 Å². The molecule has 0 bridgehead atoms. The quantitative estimate of drug-likeness (QED) is 0.632. The molecule has 2 aromatic heterocycles. The number of aromatic nitrogens is 2. The van der Waals surface area contributed by atoms with Crippen LogP contribution in [0.3, 0.4) is 0 Å². The third-order valence-electron chi connectivity index (χ3n) is 3.61. The Morgan fingerprint density at radius 2 is 2.30 bits per heavy atom. The molecule has 3 N–H and O–H groups in total. The molecular formula is C14H19N5S. The van der Waals surface area contributed by atoms with Gasteiger partial charge in [-0.25, -0.2) is 15.8 Å². The maximum atomic E-state index is 5.57. The lowest BCUT2D eigenvalue weighted by molar-refractivity contribution is 0.767. The molecule has 1 saturated carbocycles. The van der Waals surface area contributed by atoms with Gasteiger partial charge in [0, 0.05) is 18.2 Å². The van der Waals surface area contributed by atoms with Gasteiger partial charge in [-0.3, -0.25) is 0 Å². The van der Waals surface area contributed by atoms with Gasteiger partial charge in [0.25, 0.3) is 0 Å². The Kier molecular flexibility index (Phi) is 3.84. The molecule has 0 aliphatic heterocycles. The molecular weight excluding hydrogens is 270 g/mol. The van der Waals surface area contributed by atoms with Crippen molar-refractivity contribution in [1.29, 1.82) is 0 Å². The summed E-state index contributed by atoms with van der Waals surface area (Å²) in [6.07, 6.45) is 4.93. The molecule has 3 rings (SSSR count). The zero-order valence-electron chi connectivity index (χ0n) is 11.5. The number of thiophene rings is 1. The molecule has 1 aliphatic rings. The Labute approximate surface area is 122 Å². The van der Waals surface area contributed by atoms with Crippen LogP contribution < -0.4 is 16.2 Å². The summed E-state index contributed by atoms with van der Waals surface area (Å²) in [4.78, 5) is 11.1. The Morgan fingerprint density at radius 1 is 1.45 bits per heavy atom. The number of nitrogen functional groups attached to an aromatic ring is 1. The number of nitrogens with one attached hydrogen (secondary N) is 1. The summed E-state index contributed by atoms with van der Waals surface area (Å²) in [5.74, 6) is 7.31. The van der Waals surface area contributed by atoms with Crippen molar-refractivity contribution in [3.05, 3.63) is 34.3 Å². The van der Waals surface area contributed by atoms with Crippen LogP contribution >= 0.6 is 11.3 Å². The highest BCUT2D eigenvalue weighted by Crippen LogP contribution is 2.35. The molecule has 2 heterocycles. The van der Waals surface area contributed by atoms with Crippen molar-refractivity contribution in [1.82, 2.24) is 9.97 Å². The standard InChI is InChI=1S/C14H19N5S/c1-2-12-13(18-15)16-9-17-14(12)19(11-3-4-11)7-10-5-6-20-8-10/h5-6,8-9,11H,2-4,7,15H2,1H3,(H,16,17,18). The SMILES string of the molecule is CCc1c(NN)ncnc1N(Cc1ccsc1)C1CC1. The van der Waals surface area contributed by atoms with E-state index < -0.39 is 0 Å². The van der Waals surface area contributed by atoms with Gasteiger partial charge < -0.3 is 10.3 Å². The Hall–Kier alpha value is -1.66. The Morgan fingerprint density at radius 3 is 2.90 bits per heavy atom. The molecule has 0 radical (unpaired) electrons. The van der Waals surface area contributed by atoms with Gasteiger partial charge >= 0.3 is 0 Å². The van der Waals surface area contributed by atoms with Crippen molar-refractivity contribution < 1.29 is 0 Å². The van der Waals surface area contributed by atoms with Crippen molar-refractivity contribution in [2.75, 3.05) is 10.3 Å². The van der Waals surface area contributed by atoms with E-state index >= 15 is 0 Å². The number of rotatable bonds is 6. The number of nitrogens with zero attached hydrogens (tertiary/aromatic N) is 3. The fourth-order valence-corrected chi connectivity index (χ4v) is 3.10. The van der Waals surface area contributed by atoms with Crippen molar-refractivity contribution >= 4 is 23.0 Å².